The molecule has 1 aliphatic rings. The lowest BCUT2D eigenvalue weighted by atomic mass is 10.2. The van der Waals surface area contributed by atoms with Gasteiger partial charge in [-0.05, 0) is 12.8 Å². The molecular weight excluding hydrogens is 239 g/mol. The number of fused-ring (bicyclic) bond motifs is 1. The van der Waals surface area contributed by atoms with E-state index in [9.17, 15) is 14.6 Å². The van der Waals surface area contributed by atoms with Crippen LogP contribution >= 0.6 is 0 Å². The Labute approximate surface area is 102 Å². The maximum atomic E-state index is 13.8. The Bertz CT molecular complexity index is 600. The molecule has 7 heteroatoms. The first kappa shape index (κ1) is 11.4. The third-order valence-corrected chi connectivity index (χ3v) is 3.48. The molecule has 6 nitrogen and oxygen atoms in total. The van der Waals surface area contributed by atoms with Gasteiger partial charge in [0, 0.05) is 0 Å². The van der Waals surface area contributed by atoms with Crippen LogP contribution in [-0.2, 0) is 0 Å². The van der Waals surface area contributed by atoms with E-state index in [0.29, 0.717) is 12.8 Å². The molecule has 2 aromatic heterocycles. The summed E-state index contributed by atoms with van der Waals surface area (Å²) in [6.07, 6.45) is 1.81. The first-order valence-corrected chi connectivity index (χ1v) is 5.72. The van der Waals surface area contributed by atoms with E-state index in [1.165, 1.54) is 10.9 Å². The monoisotopic (exact) mass is 252 g/mol. The predicted octanol–water partition coefficient (Wildman–Crippen LogP) is 0.209. The lowest BCUT2D eigenvalue weighted by Gasteiger charge is -2.18. The Morgan fingerprint density at radius 3 is 2.78 bits per heavy atom. The summed E-state index contributed by atoms with van der Waals surface area (Å²) in [7, 11) is 0. The van der Waals surface area contributed by atoms with Crippen LogP contribution < -0.4 is 5.73 Å². The maximum Gasteiger partial charge on any atom is 0.167 e. The fraction of sp³-hybridized carbons (Fsp3) is 0.455. The summed E-state index contributed by atoms with van der Waals surface area (Å²) < 4.78 is 15.3. The van der Waals surface area contributed by atoms with Gasteiger partial charge in [-0.15, -0.1) is 0 Å². The minimum Gasteiger partial charge on any atom is -0.390 e. The van der Waals surface area contributed by atoms with Crippen molar-refractivity contribution in [2.75, 3.05) is 5.73 Å². The van der Waals surface area contributed by atoms with Crippen molar-refractivity contribution in [1.29, 1.82) is 0 Å². The molecule has 0 bridgehead atoms. The molecule has 0 aromatic carbocycles. The van der Waals surface area contributed by atoms with Gasteiger partial charge in [0.1, 0.15) is 17.1 Å². The summed E-state index contributed by atoms with van der Waals surface area (Å²) in [6.45, 7) is 0. The van der Waals surface area contributed by atoms with Crippen molar-refractivity contribution < 1.29 is 14.6 Å². The highest BCUT2D eigenvalue weighted by Gasteiger charge is 2.35. The van der Waals surface area contributed by atoms with Gasteiger partial charge in [0.25, 0.3) is 0 Å². The summed E-state index contributed by atoms with van der Waals surface area (Å²) in [5, 5.41) is 19.4. The number of imidazole rings is 1. The molecule has 3 atom stereocenters. The van der Waals surface area contributed by atoms with Crippen molar-refractivity contribution >= 4 is 16.9 Å². The fourth-order valence-electron chi connectivity index (χ4n) is 2.53. The highest BCUT2D eigenvalue weighted by molar-refractivity contribution is 5.85. The van der Waals surface area contributed by atoms with Crippen molar-refractivity contribution in [3.63, 3.8) is 0 Å². The Morgan fingerprint density at radius 1 is 1.33 bits per heavy atom. The second kappa shape index (κ2) is 3.89. The largest absolute Gasteiger partial charge is 0.390 e. The van der Waals surface area contributed by atoms with Crippen LogP contribution in [0, 0.1) is 5.82 Å². The summed E-state index contributed by atoms with van der Waals surface area (Å²) in [4.78, 5) is 7.72. The third-order valence-electron chi connectivity index (χ3n) is 3.48. The molecule has 0 aliphatic heterocycles. The number of anilines is 1. The van der Waals surface area contributed by atoms with E-state index in [0.717, 1.165) is 6.20 Å². The zero-order valence-corrected chi connectivity index (χ0v) is 9.49. The highest BCUT2D eigenvalue weighted by atomic mass is 19.1. The normalized spacial score (nSPS) is 28.1. The number of hydrogen-bond donors (Lipinski definition) is 3. The van der Waals surface area contributed by atoms with E-state index in [1.807, 2.05) is 0 Å². The van der Waals surface area contributed by atoms with E-state index < -0.39 is 18.0 Å². The van der Waals surface area contributed by atoms with Crippen molar-refractivity contribution in [1.82, 2.24) is 14.5 Å². The van der Waals surface area contributed by atoms with Gasteiger partial charge in [-0.25, -0.2) is 14.4 Å². The van der Waals surface area contributed by atoms with Crippen LogP contribution in [0.1, 0.15) is 18.9 Å². The van der Waals surface area contributed by atoms with Crippen LogP contribution in [0.2, 0.25) is 0 Å². The van der Waals surface area contributed by atoms with E-state index in [2.05, 4.69) is 9.97 Å². The summed E-state index contributed by atoms with van der Waals surface area (Å²) >= 11 is 0. The van der Waals surface area contributed by atoms with Gasteiger partial charge in [0.15, 0.2) is 11.6 Å². The number of hydrogen-bond acceptors (Lipinski definition) is 5. The molecule has 2 heterocycles. The van der Waals surface area contributed by atoms with Crippen molar-refractivity contribution in [3.05, 3.63) is 18.3 Å². The van der Waals surface area contributed by atoms with Crippen LogP contribution in [0.4, 0.5) is 10.2 Å². The van der Waals surface area contributed by atoms with E-state index in [1.54, 1.807) is 0 Å². The minimum absolute atomic E-state index is 0.151. The summed E-state index contributed by atoms with van der Waals surface area (Å²) in [5.41, 5.74) is 6.14. The molecular formula is C11H13FN4O2. The lowest BCUT2D eigenvalue weighted by Crippen LogP contribution is -2.26. The second-order valence-corrected chi connectivity index (χ2v) is 4.54. The molecule has 0 radical (unpaired) electrons. The smallest absolute Gasteiger partial charge is 0.167 e. The molecule has 3 rings (SSSR count). The zero-order chi connectivity index (χ0) is 12.9. The first-order chi connectivity index (χ1) is 8.59. The Balaban J connectivity index is 2.16. The number of aliphatic hydroxyl groups excluding tert-OH is 2. The average Bonchev–Trinajstić information content (AvgIpc) is 2.91. The standard InChI is InChI=1S/C11H13FN4O2/c12-5-3-14-11(13)8-9(5)16(4-15-8)6-1-2-7(17)10(6)18/h3-4,6-7,10,17-18H,1-2H2,(H2,13,14)/t6-,7-,10+/m1/s1. The van der Waals surface area contributed by atoms with Gasteiger partial charge in [-0.1, -0.05) is 0 Å². The van der Waals surface area contributed by atoms with Gasteiger partial charge in [0.2, 0.25) is 0 Å². The molecule has 18 heavy (non-hydrogen) atoms. The number of nitrogen functional groups attached to an aromatic ring is 1. The van der Waals surface area contributed by atoms with Crippen LogP contribution in [0.25, 0.3) is 11.0 Å². The van der Waals surface area contributed by atoms with E-state index >= 15 is 0 Å². The molecule has 0 amide bonds. The van der Waals surface area contributed by atoms with Crippen LogP contribution in [-0.4, -0.2) is 37.0 Å². The molecule has 96 valence electrons. The van der Waals surface area contributed by atoms with Crippen molar-refractivity contribution in [2.45, 2.75) is 31.1 Å². The van der Waals surface area contributed by atoms with E-state index in [4.69, 9.17) is 5.73 Å². The highest BCUT2D eigenvalue weighted by Crippen LogP contribution is 2.34. The van der Waals surface area contributed by atoms with Crippen LogP contribution in [0.3, 0.4) is 0 Å². The molecule has 4 N–H and O–H groups in total. The zero-order valence-electron chi connectivity index (χ0n) is 9.49. The summed E-state index contributed by atoms with van der Waals surface area (Å²) in [6, 6.07) is -0.388. The molecule has 0 saturated heterocycles. The Morgan fingerprint density at radius 2 is 2.11 bits per heavy atom. The SMILES string of the molecule is Nc1ncc(F)c2c1ncn2[C@@H]1CC[C@@H](O)[C@H]1O. The van der Waals surface area contributed by atoms with Gasteiger partial charge in [-0.3, -0.25) is 0 Å². The number of rotatable bonds is 1. The second-order valence-electron chi connectivity index (χ2n) is 4.54. The lowest BCUT2D eigenvalue weighted by molar-refractivity contribution is 0.0241. The number of nitrogens with zero attached hydrogens (tertiary/aromatic N) is 3. The Hall–Kier alpha value is -1.73. The van der Waals surface area contributed by atoms with Gasteiger partial charge in [-0.2, -0.15) is 0 Å². The molecule has 1 aliphatic carbocycles. The number of pyridine rings is 1. The summed E-state index contributed by atoms with van der Waals surface area (Å²) in [5.74, 6) is -0.386. The molecule has 1 fully saturated rings. The molecule has 0 spiro atoms. The predicted molar refractivity (Wildman–Crippen MR) is 62.2 cm³/mol. The van der Waals surface area contributed by atoms with Gasteiger partial charge >= 0.3 is 0 Å². The maximum absolute atomic E-state index is 13.8. The van der Waals surface area contributed by atoms with Crippen molar-refractivity contribution in [2.24, 2.45) is 0 Å². The fourth-order valence-corrected chi connectivity index (χ4v) is 2.53. The number of nitrogens with two attached hydrogens (primary N) is 1. The van der Waals surface area contributed by atoms with Gasteiger partial charge < -0.3 is 20.5 Å². The topological polar surface area (TPSA) is 97.2 Å². The minimum atomic E-state index is -0.920. The van der Waals surface area contributed by atoms with E-state index in [-0.39, 0.29) is 22.9 Å². The number of aliphatic hydroxyl groups is 2. The van der Waals surface area contributed by atoms with Crippen LogP contribution in [0.5, 0.6) is 0 Å². The number of halogens is 1. The number of aromatic nitrogens is 3. The van der Waals surface area contributed by atoms with Gasteiger partial charge in [0.05, 0.1) is 24.7 Å². The molecule has 2 aromatic rings. The molecule has 0 unspecified atom stereocenters. The first-order valence-electron chi connectivity index (χ1n) is 5.72. The average molecular weight is 252 g/mol. The van der Waals surface area contributed by atoms with Crippen molar-refractivity contribution in [3.8, 4) is 0 Å². The quantitative estimate of drug-likeness (QED) is 0.674. The molecule has 1 saturated carbocycles. The Kier molecular flexibility index (Phi) is 2.46. The van der Waals surface area contributed by atoms with Crippen LogP contribution in [0.15, 0.2) is 12.5 Å². The third kappa shape index (κ3) is 1.48.